The van der Waals surface area contributed by atoms with Crippen LogP contribution in [0.4, 0.5) is 9.59 Å². The first-order valence-electron chi connectivity index (χ1n) is 23.2. The fourth-order valence-corrected chi connectivity index (χ4v) is 10.2. The third-order valence-corrected chi connectivity index (χ3v) is 13.7. The van der Waals surface area contributed by atoms with Crippen molar-refractivity contribution in [1.82, 2.24) is 44.9 Å². The number of rotatable bonds is 12. The highest BCUT2D eigenvalue weighted by atomic mass is 16.5. The Balaban J connectivity index is 1.01. The van der Waals surface area contributed by atoms with Gasteiger partial charge in [0.15, 0.2) is 0 Å². The molecule has 15 heteroatoms. The molecular weight excluding hydrogens is 835 g/mol. The van der Waals surface area contributed by atoms with Crippen LogP contribution in [0, 0.1) is 11.8 Å². The van der Waals surface area contributed by atoms with Gasteiger partial charge in [0.25, 0.3) is 0 Å². The number of amides is 4. The lowest BCUT2D eigenvalue weighted by Crippen LogP contribution is -2.51. The molecule has 3 aliphatic rings. The van der Waals surface area contributed by atoms with Crippen molar-refractivity contribution >= 4 is 34.9 Å². The van der Waals surface area contributed by atoms with Crippen molar-refractivity contribution in [2.24, 2.45) is 11.8 Å². The number of ether oxygens (including phenoxy) is 2. The number of methoxy groups -OCH3 is 2. The number of nitrogens with zero attached hydrogens (tertiary/aromatic N) is 5. The third kappa shape index (κ3) is 8.42. The molecule has 0 unspecified atom stereocenters. The minimum Gasteiger partial charge on any atom is -0.453 e. The third-order valence-electron chi connectivity index (χ3n) is 13.7. The SMILES string of the molecule is COC(=O)N[C@H](C(=O)N1CCC[C@H]1c1ncc(-c2ccc3c(c2)CCc2c-3n(Cc3ccccc3)c3ccc(-c4cnc([C@@H]5CCCN5C(=O)[C@@H](NC(=O)OC)C(C)C)[nH]4)cc23)[nH]1)C(C)C. The lowest BCUT2D eigenvalue weighted by atomic mass is 9.87. The van der Waals surface area contributed by atoms with Crippen LogP contribution in [-0.4, -0.2) is 97.7 Å². The molecule has 2 aliphatic heterocycles. The monoisotopic (exact) mass is 893 g/mol. The molecule has 2 fully saturated rings. The second kappa shape index (κ2) is 18.5. The van der Waals surface area contributed by atoms with Crippen molar-refractivity contribution in [2.75, 3.05) is 27.3 Å². The molecule has 15 nitrogen and oxygen atoms in total. The van der Waals surface area contributed by atoms with Gasteiger partial charge in [0.1, 0.15) is 23.7 Å². The highest BCUT2D eigenvalue weighted by Gasteiger charge is 2.39. The van der Waals surface area contributed by atoms with Crippen molar-refractivity contribution in [3.63, 3.8) is 0 Å². The van der Waals surface area contributed by atoms with Gasteiger partial charge in [-0.1, -0.05) is 76.2 Å². The fraction of sp³-hybridized carbons (Fsp3) is 0.412. The highest BCUT2D eigenvalue weighted by molar-refractivity contribution is 5.96. The first kappa shape index (κ1) is 44.3. The van der Waals surface area contributed by atoms with E-state index in [9.17, 15) is 19.2 Å². The van der Waals surface area contributed by atoms with Crippen LogP contribution in [0.5, 0.6) is 0 Å². The Kier molecular flexibility index (Phi) is 12.4. The Morgan fingerprint density at radius 3 is 1.80 bits per heavy atom. The number of H-pyrrole nitrogens is 2. The van der Waals surface area contributed by atoms with Gasteiger partial charge in [0.05, 0.1) is 55.8 Å². The first-order chi connectivity index (χ1) is 31.9. The Bertz CT molecular complexity index is 2770. The van der Waals surface area contributed by atoms with Crippen molar-refractivity contribution < 1.29 is 28.7 Å². The van der Waals surface area contributed by atoms with Crippen molar-refractivity contribution in [3.8, 4) is 33.8 Å². The van der Waals surface area contributed by atoms with E-state index in [0.717, 1.165) is 78.2 Å². The number of alkyl carbamates (subject to hydrolysis) is 2. The number of benzene rings is 3. The number of nitrogens with one attached hydrogen (secondary N) is 4. The van der Waals surface area contributed by atoms with Crippen LogP contribution in [0.2, 0.25) is 0 Å². The van der Waals surface area contributed by atoms with Crippen LogP contribution >= 0.6 is 0 Å². The minimum atomic E-state index is -0.703. The Labute approximate surface area is 384 Å². The molecule has 4 amide bonds. The summed E-state index contributed by atoms with van der Waals surface area (Å²) in [7, 11) is 2.60. The zero-order valence-electron chi connectivity index (χ0n) is 38.5. The van der Waals surface area contributed by atoms with Crippen LogP contribution < -0.4 is 10.6 Å². The normalized spacial score (nSPS) is 17.8. The van der Waals surface area contributed by atoms with Gasteiger partial charge in [-0.05, 0) is 90.8 Å². The number of carbonyl (C=O) groups is 4. The molecule has 5 heterocycles. The Morgan fingerprint density at radius 1 is 0.712 bits per heavy atom. The maximum atomic E-state index is 13.8. The fourth-order valence-electron chi connectivity index (χ4n) is 10.2. The van der Waals surface area contributed by atoms with Gasteiger partial charge in [0, 0.05) is 41.7 Å². The van der Waals surface area contributed by atoms with Gasteiger partial charge in [-0.3, -0.25) is 9.59 Å². The van der Waals surface area contributed by atoms with Gasteiger partial charge in [0.2, 0.25) is 11.8 Å². The van der Waals surface area contributed by atoms with Crippen LogP contribution in [0.15, 0.2) is 79.1 Å². The topological polar surface area (TPSA) is 180 Å². The van der Waals surface area contributed by atoms with Gasteiger partial charge in [-0.15, -0.1) is 0 Å². The summed E-state index contributed by atoms with van der Waals surface area (Å²) in [4.78, 5) is 72.3. The van der Waals surface area contributed by atoms with Gasteiger partial charge < -0.3 is 44.4 Å². The number of likely N-dealkylation sites (tertiary alicyclic amines) is 2. The van der Waals surface area contributed by atoms with Gasteiger partial charge in [-0.2, -0.15) is 0 Å². The molecule has 0 radical (unpaired) electrons. The first-order valence-corrected chi connectivity index (χ1v) is 23.2. The van der Waals surface area contributed by atoms with Crippen molar-refractivity contribution in [3.05, 3.63) is 107 Å². The van der Waals surface area contributed by atoms with E-state index >= 15 is 0 Å². The zero-order chi connectivity index (χ0) is 46.2. The number of imidazole rings is 2. The van der Waals surface area contributed by atoms with E-state index in [1.807, 2.05) is 56.0 Å². The van der Waals surface area contributed by atoms with Crippen LogP contribution in [0.3, 0.4) is 0 Å². The quantitative estimate of drug-likeness (QED) is 0.0947. The maximum Gasteiger partial charge on any atom is 0.407 e. The molecule has 1 aliphatic carbocycles. The van der Waals surface area contributed by atoms with E-state index in [1.165, 1.54) is 47.6 Å². The van der Waals surface area contributed by atoms with Crippen LogP contribution in [0.1, 0.15) is 93.8 Å². The highest BCUT2D eigenvalue weighted by Crippen LogP contribution is 2.43. The summed E-state index contributed by atoms with van der Waals surface area (Å²) < 4.78 is 12.1. The molecule has 3 aromatic heterocycles. The molecule has 0 saturated carbocycles. The lowest BCUT2D eigenvalue weighted by Gasteiger charge is -2.30. The van der Waals surface area contributed by atoms with Gasteiger partial charge >= 0.3 is 12.2 Å². The number of carbonyl (C=O) groups excluding carboxylic acids is 4. The predicted molar refractivity (Wildman–Crippen MR) is 251 cm³/mol. The molecular formula is C51H59N9O6. The van der Waals surface area contributed by atoms with E-state index in [4.69, 9.17) is 19.4 Å². The molecule has 66 heavy (non-hydrogen) atoms. The summed E-state index contributed by atoms with van der Waals surface area (Å²) in [6.07, 6.45) is 7.44. The zero-order valence-corrected chi connectivity index (χ0v) is 38.5. The second-order valence-electron chi connectivity index (χ2n) is 18.5. The van der Waals surface area contributed by atoms with Gasteiger partial charge in [-0.25, -0.2) is 19.6 Å². The molecule has 6 aromatic rings. The van der Waals surface area contributed by atoms with E-state index in [0.29, 0.717) is 19.6 Å². The number of aromatic nitrogens is 5. The van der Waals surface area contributed by atoms with Crippen LogP contribution in [-0.2, 0) is 38.4 Å². The van der Waals surface area contributed by atoms with Crippen LogP contribution in [0.25, 0.3) is 44.7 Å². The summed E-state index contributed by atoms with van der Waals surface area (Å²) in [5.74, 6) is 0.964. The standard InChI is InChI=1S/C51H59N9O6/c1-29(2)43(56-50(63)65-5)48(61)58-22-10-14-41(58)46-52-26-38(54-46)33-17-19-35-32(24-33)16-20-36-37-25-34(18-21-40(37)60(45(35)36)28-31-12-8-7-9-13-31)39-27-53-47(55-39)42-15-11-23-59(42)49(62)44(30(3)4)57-51(64)66-6/h7-9,12-13,17-19,21,24-27,29-30,41-44H,10-11,14-16,20,22-23,28H2,1-6H3,(H,52,54)(H,53,55)(H,56,63)(H,57,64)/t41-,42-,43-,44-/m0/s1. The largest absolute Gasteiger partial charge is 0.453 e. The molecule has 0 bridgehead atoms. The summed E-state index contributed by atoms with van der Waals surface area (Å²) >= 11 is 0. The molecule has 4 N–H and O–H groups in total. The smallest absolute Gasteiger partial charge is 0.407 e. The predicted octanol–water partition coefficient (Wildman–Crippen LogP) is 8.32. The molecule has 9 rings (SSSR count). The summed E-state index contributed by atoms with van der Waals surface area (Å²) in [6.45, 7) is 9.55. The summed E-state index contributed by atoms with van der Waals surface area (Å²) in [6, 6.07) is 22.0. The van der Waals surface area contributed by atoms with E-state index in [1.54, 1.807) is 0 Å². The summed E-state index contributed by atoms with van der Waals surface area (Å²) in [5, 5.41) is 6.67. The van der Waals surface area contributed by atoms with E-state index < -0.39 is 24.3 Å². The van der Waals surface area contributed by atoms with Crippen molar-refractivity contribution in [2.45, 2.75) is 96.9 Å². The average Bonchev–Trinajstić information content (AvgIpc) is 4.19. The Hall–Kier alpha value is -6.90. The number of hydrogen-bond donors (Lipinski definition) is 4. The lowest BCUT2D eigenvalue weighted by molar-refractivity contribution is -0.136. The van der Waals surface area contributed by atoms with Crippen molar-refractivity contribution in [1.29, 1.82) is 0 Å². The second-order valence-corrected chi connectivity index (χ2v) is 18.5. The summed E-state index contributed by atoms with van der Waals surface area (Å²) in [5.41, 5.74) is 11.2. The number of aromatic amines is 2. The van der Waals surface area contributed by atoms with E-state index in [2.05, 4.69) is 85.8 Å². The Morgan fingerprint density at radius 2 is 1.26 bits per heavy atom. The number of hydrogen-bond acceptors (Lipinski definition) is 8. The minimum absolute atomic E-state index is 0.115. The number of fused-ring (bicyclic) bond motifs is 5. The number of aryl methyl sites for hydroxylation is 2. The molecule has 4 atom stereocenters. The molecule has 0 spiro atoms. The van der Waals surface area contributed by atoms with E-state index in [-0.39, 0.29) is 35.7 Å². The molecule has 344 valence electrons. The molecule has 2 saturated heterocycles. The average molecular weight is 894 g/mol. The molecule has 3 aromatic carbocycles. The maximum absolute atomic E-state index is 13.8.